The summed E-state index contributed by atoms with van der Waals surface area (Å²) < 4.78 is 0. The van der Waals surface area contributed by atoms with Gasteiger partial charge in [-0.05, 0) is 24.0 Å². The number of hydrogen-bond donors (Lipinski definition) is 1. The predicted octanol–water partition coefficient (Wildman–Crippen LogP) is 3.26. The number of nitrogens with zero attached hydrogens (tertiary/aromatic N) is 2. The molecule has 0 aliphatic carbocycles. The van der Waals surface area contributed by atoms with Gasteiger partial charge in [-0.3, -0.25) is 19.7 Å². The van der Waals surface area contributed by atoms with E-state index in [0.29, 0.717) is 4.90 Å². The Hall–Kier alpha value is -2.87. The van der Waals surface area contributed by atoms with Crippen LogP contribution in [0.15, 0.2) is 53.4 Å². The second-order valence-electron chi connectivity index (χ2n) is 6.32. The summed E-state index contributed by atoms with van der Waals surface area (Å²) in [6.45, 7) is 0.337. The van der Waals surface area contributed by atoms with E-state index in [9.17, 15) is 24.8 Å². The van der Waals surface area contributed by atoms with Crippen molar-refractivity contribution < 1.29 is 19.6 Å². The largest absolute Gasteiger partial charge is 0.481 e. The number of hydrogen-bond acceptors (Lipinski definition) is 5. The predicted molar refractivity (Wildman–Crippen MR) is 101 cm³/mol. The van der Waals surface area contributed by atoms with Crippen molar-refractivity contribution in [2.75, 3.05) is 19.3 Å². The molecule has 1 heterocycles. The lowest BCUT2D eigenvalue weighted by Crippen LogP contribution is -2.30. The molecule has 0 aromatic heterocycles. The number of rotatable bonds is 5. The highest BCUT2D eigenvalue weighted by molar-refractivity contribution is 7.98. The molecule has 2 aromatic carbocycles. The number of carboxylic acids is 1. The summed E-state index contributed by atoms with van der Waals surface area (Å²) >= 11 is 1.23. The SMILES string of the molecule is CSc1ccc(C(=O)N2CC(C(=O)O)C(c3ccccc3)C2)cc1[N+](=O)[O-]. The third-order valence-corrected chi connectivity index (χ3v) is 5.56. The van der Waals surface area contributed by atoms with Crippen molar-refractivity contribution in [1.82, 2.24) is 4.90 Å². The first-order chi connectivity index (χ1) is 12.9. The van der Waals surface area contributed by atoms with Gasteiger partial charge in [-0.15, -0.1) is 11.8 Å². The van der Waals surface area contributed by atoms with E-state index in [4.69, 9.17) is 0 Å². The minimum Gasteiger partial charge on any atom is -0.481 e. The normalized spacial score (nSPS) is 19.1. The molecule has 27 heavy (non-hydrogen) atoms. The van der Waals surface area contributed by atoms with Gasteiger partial charge < -0.3 is 10.0 Å². The maximum atomic E-state index is 12.9. The van der Waals surface area contributed by atoms with Gasteiger partial charge in [-0.2, -0.15) is 0 Å². The van der Waals surface area contributed by atoms with Crippen LogP contribution < -0.4 is 0 Å². The molecule has 1 aliphatic heterocycles. The van der Waals surface area contributed by atoms with E-state index in [1.54, 1.807) is 18.4 Å². The highest BCUT2D eigenvalue weighted by Gasteiger charge is 2.40. The molecule has 140 valence electrons. The van der Waals surface area contributed by atoms with E-state index in [1.807, 2.05) is 30.3 Å². The first kappa shape index (κ1) is 18.9. The summed E-state index contributed by atoms with van der Waals surface area (Å²) in [5.74, 6) is -2.37. The third-order valence-electron chi connectivity index (χ3n) is 4.77. The molecular weight excluding hydrogens is 368 g/mol. The number of aliphatic carboxylic acids is 1. The summed E-state index contributed by atoms with van der Waals surface area (Å²) in [6.07, 6.45) is 1.73. The van der Waals surface area contributed by atoms with Crippen LogP contribution in [0, 0.1) is 16.0 Å². The zero-order valence-corrected chi connectivity index (χ0v) is 15.4. The molecule has 0 saturated carbocycles. The van der Waals surface area contributed by atoms with E-state index >= 15 is 0 Å². The van der Waals surface area contributed by atoms with Gasteiger partial charge in [0.2, 0.25) is 0 Å². The van der Waals surface area contributed by atoms with Crippen LogP contribution in [0.5, 0.6) is 0 Å². The van der Waals surface area contributed by atoms with Gasteiger partial charge in [-0.1, -0.05) is 30.3 Å². The highest BCUT2D eigenvalue weighted by Crippen LogP contribution is 2.35. The standard InChI is InChI=1S/C19H18N2O5S/c1-27-17-8-7-13(9-16(17)21(25)26)18(22)20-10-14(15(11-20)19(23)24)12-5-3-2-4-6-12/h2-9,14-15H,10-11H2,1H3,(H,23,24). The average Bonchev–Trinajstić information content (AvgIpc) is 3.13. The molecule has 1 aliphatic rings. The Bertz CT molecular complexity index is 887. The van der Waals surface area contributed by atoms with Gasteiger partial charge in [0.25, 0.3) is 11.6 Å². The molecule has 0 bridgehead atoms. The summed E-state index contributed by atoms with van der Waals surface area (Å²) in [7, 11) is 0. The Kier molecular flexibility index (Phi) is 5.46. The topological polar surface area (TPSA) is 101 Å². The average molecular weight is 386 g/mol. The second-order valence-corrected chi connectivity index (χ2v) is 7.16. The van der Waals surface area contributed by atoms with Crippen LogP contribution in [0.2, 0.25) is 0 Å². The molecule has 2 unspecified atom stereocenters. The molecule has 8 heteroatoms. The minimum atomic E-state index is -0.956. The van der Waals surface area contributed by atoms with E-state index in [2.05, 4.69) is 0 Å². The fourth-order valence-corrected chi connectivity index (χ4v) is 3.95. The van der Waals surface area contributed by atoms with E-state index < -0.39 is 22.7 Å². The molecular formula is C19H18N2O5S. The smallest absolute Gasteiger partial charge is 0.308 e. The summed E-state index contributed by atoms with van der Waals surface area (Å²) in [5, 5.41) is 20.8. The number of nitro benzene ring substituents is 1. The molecule has 0 spiro atoms. The van der Waals surface area contributed by atoms with Crippen molar-refractivity contribution in [3.8, 4) is 0 Å². The number of carbonyl (C=O) groups excluding carboxylic acids is 1. The number of carbonyl (C=O) groups is 2. The lowest BCUT2D eigenvalue weighted by molar-refractivity contribution is -0.387. The second kappa shape index (κ2) is 7.79. The first-order valence-electron chi connectivity index (χ1n) is 8.31. The van der Waals surface area contributed by atoms with Crippen LogP contribution in [-0.2, 0) is 4.79 Å². The van der Waals surface area contributed by atoms with Crippen LogP contribution in [0.1, 0.15) is 21.8 Å². The maximum absolute atomic E-state index is 12.9. The zero-order valence-electron chi connectivity index (χ0n) is 14.6. The molecule has 0 radical (unpaired) electrons. The fraction of sp³-hybridized carbons (Fsp3) is 0.263. The van der Waals surface area contributed by atoms with E-state index in [-0.39, 0.29) is 30.3 Å². The molecule has 1 N–H and O–H groups in total. The Labute approximate surface area is 160 Å². The zero-order chi connectivity index (χ0) is 19.6. The van der Waals surface area contributed by atoms with Crippen LogP contribution in [-0.4, -0.2) is 46.2 Å². The summed E-state index contributed by atoms with van der Waals surface area (Å²) in [6, 6.07) is 13.6. The lowest BCUT2D eigenvalue weighted by Gasteiger charge is -2.17. The van der Waals surface area contributed by atoms with Gasteiger partial charge in [-0.25, -0.2) is 0 Å². The molecule has 1 amide bonds. The molecule has 1 saturated heterocycles. The number of carboxylic acid groups (broad SMARTS) is 1. The Morgan fingerprint density at radius 1 is 1.19 bits per heavy atom. The van der Waals surface area contributed by atoms with Crippen molar-refractivity contribution in [2.24, 2.45) is 5.92 Å². The first-order valence-corrected chi connectivity index (χ1v) is 9.54. The number of amides is 1. The van der Waals surface area contributed by atoms with Gasteiger partial charge in [0.1, 0.15) is 0 Å². The molecule has 2 atom stereocenters. The Morgan fingerprint density at radius 2 is 1.89 bits per heavy atom. The van der Waals surface area contributed by atoms with Crippen molar-refractivity contribution >= 4 is 29.3 Å². The van der Waals surface area contributed by atoms with Crippen LogP contribution in [0.4, 0.5) is 5.69 Å². The quantitative estimate of drug-likeness (QED) is 0.481. The summed E-state index contributed by atoms with van der Waals surface area (Å²) in [4.78, 5) is 37.2. The Morgan fingerprint density at radius 3 is 2.48 bits per heavy atom. The van der Waals surface area contributed by atoms with Gasteiger partial charge in [0.05, 0.1) is 15.7 Å². The van der Waals surface area contributed by atoms with E-state index in [1.165, 1.54) is 22.7 Å². The van der Waals surface area contributed by atoms with Crippen molar-refractivity contribution in [2.45, 2.75) is 10.8 Å². The maximum Gasteiger partial charge on any atom is 0.308 e. The van der Waals surface area contributed by atoms with E-state index in [0.717, 1.165) is 5.56 Å². The van der Waals surface area contributed by atoms with Gasteiger partial charge in [0, 0.05) is 30.6 Å². The molecule has 7 nitrogen and oxygen atoms in total. The molecule has 3 rings (SSSR count). The third kappa shape index (κ3) is 3.80. The van der Waals surface area contributed by atoms with Crippen molar-refractivity contribution in [3.05, 3.63) is 69.8 Å². The number of thioether (sulfide) groups is 1. The fourth-order valence-electron chi connectivity index (χ4n) is 3.41. The number of benzene rings is 2. The van der Waals surface area contributed by atoms with Crippen LogP contribution in [0.3, 0.4) is 0 Å². The molecule has 2 aromatic rings. The lowest BCUT2D eigenvalue weighted by atomic mass is 9.89. The highest BCUT2D eigenvalue weighted by atomic mass is 32.2. The summed E-state index contributed by atoms with van der Waals surface area (Å²) in [5.41, 5.74) is 0.934. The number of nitro groups is 1. The van der Waals surface area contributed by atoms with Crippen molar-refractivity contribution in [1.29, 1.82) is 0 Å². The minimum absolute atomic E-state index is 0.0752. The van der Waals surface area contributed by atoms with Gasteiger partial charge >= 0.3 is 5.97 Å². The molecule has 1 fully saturated rings. The monoisotopic (exact) mass is 386 g/mol. The van der Waals surface area contributed by atoms with Crippen LogP contribution in [0.25, 0.3) is 0 Å². The van der Waals surface area contributed by atoms with Crippen molar-refractivity contribution in [3.63, 3.8) is 0 Å². The Balaban J connectivity index is 1.88. The van der Waals surface area contributed by atoms with Gasteiger partial charge in [0.15, 0.2) is 0 Å². The van der Waals surface area contributed by atoms with Crippen LogP contribution >= 0.6 is 11.8 Å². The number of likely N-dealkylation sites (tertiary alicyclic amines) is 1.